The largest absolute Gasteiger partial charge is 0.383 e. The molecule has 27 heavy (non-hydrogen) atoms. The minimum atomic E-state index is -0.193. The second kappa shape index (κ2) is 7.24. The molecule has 0 aliphatic carbocycles. The topological polar surface area (TPSA) is 97.7 Å². The predicted molar refractivity (Wildman–Crippen MR) is 105 cm³/mol. The Morgan fingerprint density at radius 1 is 1.30 bits per heavy atom. The molecular weight excluding hydrogens is 338 g/mol. The number of pyridine rings is 1. The summed E-state index contributed by atoms with van der Waals surface area (Å²) in [5, 5.41) is 9.68. The van der Waals surface area contributed by atoms with Crippen molar-refractivity contribution >= 4 is 5.82 Å². The number of rotatable bonds is 3. The Morgan fingerprint density at radius 2 is 1.96 bits per heavy atom. The van der Waals surface area contributed by atoms with E-state index in [1.165, 1.54) is 0 Å². The van der Waals surface area contributed by atoms with Crippen molar-refractivity contribution in [3.05, 3.63) is 35.0 Å². The van der Waals surface area contributed by atoms with E-state index in [-0.39, 0.29) is 23.3 Å². The van der Waals surface area contributed by atoms with Crippen LogP contribution in [0.25, 0.3) is 11.1 Å². The lowest BCUT2D eigenvalue weighted by Gasteiger charge is -2.36. The maximum Gasteiger partial charge on any atom is 0.142 e. The molecule has 2 aromatic heterocycles. The highest BCUT2D eigenvalue weighted by atomic mass is 16.5. The van der Waals surface area contributed by atoms with Gasteiger partial charge < -0.3 is 10.5 Å². The Balaban J connectivity index is 2.13. The van der Waals surface area contributed by atoms with Gasteiger partial charge in [0.25, 0.3) is 0 Å². The van der Waals surface area contributed by atoms with Crippen LogP contribution in [0.15, 0.2) is 12.4 Å². The summed E-state index contributed by atoms with van der Waals surface area (Å²) in [5.74, 6) is 1.55. The molecule has 0 amide bonds. The van der Waals surface area contributed by atoms with Crippen LogP contribution in [-0.4, -0.2) is 27.2 Å². The first-order chi connectivity index (χ1) is 12.7. The number of nitrogens with zero attached hydrogens (tertiary/aromatic N) is 4. The van der Waals surface area contributed by atoms with Crippen molar-refractivity contribution in [1.29, 1.82) is 5.26 Å². The van der Waals surface area contributed by atoms with Gasteiger partial charge in [-0.1, -0.05) is 13.8 Å². The Morgan fingerprint density at radius 3 is 2.52 bits per heavy atom. The zero-order chi connectivity index (χ0) is 19.8. The van der Waals surface area contributed by atoms with E-state index in [1.807, 2.05) is 6.92 Å². The third-order valence-electron chi connectivity index (χ3n) is 5.18. The van der Waals surface area contributed by atoms with E-state index in [1.54, 1.807) is 12.4 Å². The standard InChI is InChI=1S/C21H27N5O/c1-12(2)20-24-10-15(11-25-20)17-13(3)18(26-19(23)16(17)9-22)14-6-7-27-21(4,5)8-14/h10-12,14H,6-8H2,1-5H3,(H2,23,26). The zero-order valence-electron chi connectivity index (χ0n) is 16.7. The fraction of sp³-hybridized carbons (Fsp3) is 0.524. The van der Waals surface area contributed by atoms with Crippen LogP contribution >= 0.6 is 0 Å². The molecule has 1 saturated heterocycles. The highest BCUT2D eigenvalue weighted by molar-refractivity contribution is 5.78. The fourth-order valence-corrected chi connectivity index (χ4v) is 3.82. The summed E-state index contributed by atoms with van der Waals surface area (Å²) in [7, 11) is 0. The molecule has 0 aromatic carbocycles. The number of nitriles is 1. The van der Waals surface area contributed by atoms with E-state index in [4.69, 9.17) is 10.5 Å². The van der Waals surface area contributed by atoms with Crippen LogP contribution in [0.5, 0.6) is 0 Å². The Kier molecular flexibility index (Phi) is 5.16. The van der Waals surface area contributed by atoms with Crippen LogP contribution in [0.3, 0.4) is 0 Å². The highest BCUT2D eigenvalue weighted by Crippen LogP contribution is 2.40. The summed E-state index contributed by atoms with van der Waals surface area (Å²) < 4.78 is 5.85. The molecule has 1 fully saturated rings. The van der Waals surface area contributed by atoms with Crippen molar-refractivity contribution in [3.63, 3.8) is 0 Å². The first-order valence-corrected chi connectivity index (χ1v) is 9.40. The maximum absolute atomic E-state index is 9.68. The third-order valence-corrected chi connectivity index (χ3v) is 5.18. The number of hydrogen-bond donors (Lipinski definition) is 1. The van der Waals surface area contributed by atoms with Gasteiger partial charge in [0.05, 0.1) is 5.60 Å². The number of hydrogen-bond acceptors (Lipinski definition) is 6. The smallest absolute Gasteiger partial charge is 0.142 e. The Bertz CT molecular complexity index is 881. The van der Waals surface area contributed by atoms with Crippen LogP contribution in [-0.2, 0) is 4.74 Å². The SMILES string of the molecule is Cc1c(C2CCOC(C)(C)C2)nc(N)c(C#N)c1-c1cnc(C(C)C)nc1. The Hall–Kier alpha value is -2.52. The van der Waals surface area contributed by atoms with E-state index < -0.39 is 0 Å². The third kappa shape index (κ3) is 3.79. The van der Waals surface area contributed by atoms with Gasteiger partial charge in [0.15, 0.2) is 0 Å². The first kappa shape index (κ1) is 19.2. The van der Waals surface area contributed by atoms with Gasteiger partial charge in [-0.05, 0) is 39.2 Å². The van der Waals surface area contributed by atoms with Gasteiger partial charge in [0, 0.05) is 47.7 Å². The lowest BCUT2D eigenvalue weighted by molar-refractivity contribution is -0.0598. The van der Waals surface area contributed by atoms with E-state index >= 15 is 0 Å². The number of nitrogens with two attached hydrogens (primary N) is 1. The molecule has 2 aromatic rings. The van der Waals surface area contributed by atoms with Crippen LogP contribution in [0.1, 0.15) is 75.0 Å². The van der Waals surface area contributed by atoms with Gasteiger partial charge in [-0.2, -0.15) is 5.26 Å². The molecule has 1 unspecified atom stereocenters. The molecular formula is C21H27N5O. The lowest BCUT2D eigenvalue weighted by atomic mass is 9.82. The minimum absolute atomic E-state index is 0.193. The van der Waals surface area contributed by atoms with Crippen molar-refractivity contribution in [2.75, 3.05) is 12.3 Å². The number of aromatic nitrogens is 3. The minimum Gasteiger partial charge on any atom is -0.383 e. The summed E-state index contributed by atoms with van der Waals surface area (Å²) in [6, 6.07) is 2.22. The molecule has 3 rings (SSSR count). The zero-order valence-corrected chi connectivity index (χ0v) is 16.7. The monoisotopic (exact) mass is 365 g/mol. The molecule has 0 spiro atoms. The number of ether oxygens (including phenoxy) is 1. The summed E-state index contributed by atoms with van der Waals surface area (Å²) in [5.41, 5.74) is 9.90. The second-order valence-corrected chi connectivity index (χ2v) is 8.15. The van der Waals surface area contributed by atoms with E-state index in [0.717, 1.165) is 41.1 Å². The first-order valence-electron chi connectivity index (χ1n) is 9.40. The highest BCUT2D eigenvalue weighted by Gasteiger charge is 2.32. The average Bonchev–Trinajstić information content (AvgIpc) is 2.62. The molecule has 1 atom stereocenters. The molecule has 0 saturated carbocycles. The normalized spacial score (nSPS) is 19.1. The molecule has 6 nitrogen and oxygen atoms in total. The van der Waals surface area contributed by atoms with Crippen LogP contribution in [0.4, 0.5) is 5.82 Å². The van der Waals surface area contributed by atoms with E-state index in [2.05, 4.69) is 48.7 Å². The quantitative estimate of drug-likeness (QED) is 0.879. The van der Waals surface area contributed by atoms with Gasteiger partial charge in [-0.15, -0.1) is 0 Å². The van der Waals surface area contributed by atoms with Crippen molar-refractivity contribution < 1.29 is 4.74 Å². The molecule has 2 N–H and O–H groups in total. The van der Waals surface area contributed by atoms with Crippen molar-refractivity contribution in [2.45, 2.75) is 64.9 Å². The van der Waals surface area contributed by atoms with E-state index in [0.29, 0.717) is 12.2 Å². The molecule has 1 aliphatic heterocycles. The van der Waals surface area contributed by atoms with E-state index in [9.17, 15) is 5.26 Å². The number of nitrogen functional groups attached to an aromatic ring is 1. The molecule has 0 radical (unpaired) electrons. The summed E-state index contributed by atoms with van der Waals surface area (Å²) >= 11 is 0. The van der Waals surface area contributed by atoms with Crippen molar-refractivity contribution in [3.8, 4) is 17.2 Å². The summed E-state index contributed by atoms with van der Waals surface area (Å²) in [6.45, 7) is 11.0. The van der Waals surface area contributed by atoms with Gasteiger partial charge in [0.1, 0.15) is 23.3 Å². The van der Waals surface area contributed by atoms with Crippen LogP contribution in [0, 0.1) is 18.3 Å². The molecule has 1 aliphatic rings. The van der Waals surface area contributed by atoms with Gasteiger partial charge in [-0.3, -0.25) is 0 Å². The molecule has 6 heteroatoms. The molecule has 0 bridgehead atoms. The van der Waals surface area contributed by atoms with Crippen molar-refractivity contribution in [1.82, 2.24) is 15.0 Å². The van der Waals surface area contributed by atoms with Gasteiger partial charge in [-0.25, -0.2) is 15.0 Å². The Labute approximate surface area is 160 Å². The van der Waals surface area contributed by atoms with Crippen LogP contribution in [0.2, 0.25) is 0 Å². The lowest BCUT2D eigenvalue weighted by Crippen LogP contribution is -2.33. The van der Waals surface area contributed by atoms with Gasteiger partial charge >= 0.3 is 0 Å². The maximum atomic E-state index is 9.68. The van der Waals surface area contributed by atoms with Crippen LogP contribution < -0.4 is 5.73 Å². The molecule has 142 valence electrons. The summed E-state index contributed by atoms with van der Waals surface area (Å²) in [4.78, 5) is 13.6. The predicted octanol–water partition coefficient (Wildman–Crippen LogP) is 4.10. The second-order valence-electron chi connectivity index (χ2n) is 8.15. The summed E-state index contributed by atoms with van der Waals surface area (Å²) in [6.07, 6.45) is 5.32. The fourth-order valence-electron chi connectivity index (χ4n) is 3.82. The van der Waals surface area contributed by atoms with Gasteiger partial charge in [0.2, 0.25) is 0 Å². The number of anilines is 1. The van der Waals surface area contributed by atoms with Crippen molar-refractivity contribution in [2.24, 2.45) is 0 Å². The average molecular weight is 365 g/mol. The molecule has 3 heterocycles.